The Bertz CT molecular complexity index is 678. The van der Waals surface area contributed by atoms with Gasteiger partial charge in [-0.2, -0.15) is 0 Å². The normalized spacial score (nSPS) is 15.6. The summed E-state index contributed by atoms with van der Waals surface area (Å²) in [5, 5.41) is 10.9. The first-order chi connectivity index (χ1) is 11.2. The number of carbonyl (C=O) groups is 1. The number of aromatic carboxylic acids is 1. The zero-order valence-electron chi connectivity index (χ0n) is 13.1. The van der Waals surface area contributed by atoms with E-state index in [1.54, 1.807) is 13.2 Å². The molecule has 1 fully saturated rings. The van der Waals surface area contributed by atoms with Crippen LogP contribution >= 0.6 is 11.3 Å². The lowest BCUT2D eigenvalue weighted by Crippen LogP contribution is -2.45. The van der Waals surface area contributed by atoms with E-state index in [2.05, 4.69) is 21.9 Å². The minimum atomic E-state index is -0.843. The van der Waals surface area contributed by atoms with Gasteiger partial charge in [0.05, 0.1) is 7.11 Å². The number of anilines is 1. The average molecular weight is 332 g/mol. The number of methoxy groups -OCH3 is 1. The molecular weight excluding hydrogens is 312 g/mol. The van der Waals surface area contributed by atoms with E-state index in [4.69, 9.17) is 9.84 Å². The quantitative estimate of drug-likeness (QED) is 0.912. The van der Waals surface area contributed by atoms with Crippen LogP contribution in [0.3, 0.4) is 0 Å². The van der Waals surface area contributed by atoms with Gasteiger partial charge in [0.25, 0.3) is 0 Å². The van der Waals surface area contributed by atoms with Crippen LogP contribution in [0.1, 0.15) is 15.2 Å². The van der Waals surface area contributed by atoms with Crippen molar-refractivity contribution >= 4 is 23.0 Å². The fourth-order valence-corrected chi connectivity index (χ4v) is 3.54. The molecular formula is C17H20N2O3S. The Hall–Kier alpha value is -2.05. The van der Waals surface area contributed by atoms with Gasteiger partial charge in [0.1, 0.15) is 10.6 Å². The molecule has 0 atom stereocenters. The van der Waals surface area contributed by atoms with Crippen LogP contribution in [0.4, 0.5) is 5.69 Å². The molecule has 0 bridgehead atoms. The van der Waals surface area contributed by atoms with Gasteiger partial charge in [0, 0.05) is 44.5 Å². The molecule has 1 N–H and O–H groups in total. The molecule has 122 valence electrons. The van der Waals surface area contributed by atoms with E-state index in [0.717, 1.165) is 44.0 Å². The highest BCUT2D eigenvalue weighted by Gasteiger charge is 2.18. The van der Waals surface area contributed by atoms with E-state index >= 15 is 0 Å². The lowest BCUT2D eigenvalue weighted by atomic mass is 10.2. The number of carboxylic acid groups (broad SMARTS) is 1. The molecule has 0 spiro atoms. The zero-order chi connectivity index (χ0) is 16.2. The minimum absolute atomic E-state index is 0.412. The SMILES string of the molecule is COc1cccc(N2CCN(Cc3csc(C(=O)O)c3)CC2)c1. The summed E-state index contributed by atoms with van der Waals surface area (Å²) in [5.41, 5.74) is 2.27. The number of piperazine rings is 1. The van der Waals surface area contributed by atoms with Crippen LogP contribution < -0.4 is 9.64 Å². The Labute approximate surface area is 139 Å². The lowest BCUT2D eigenvalue weighted by Gasteiger charge is -2.36. The second kappa shape index (κ2) is 7.02. The van der Waals surface area contributed by atoms with Gasteiger partial charge >= 0.3 is 5.97 Å². The molecule has 0 unspecified atom stereocenters. The first kappa shape index (κ1) is 15.8. The van der Waals surface area contributed by atoms with Gasteiger partial charge < -0.3 is 14.7 Å². The van der Waals surface area contributed by atoms with E-state index in [-0.39, 0.29) is 0 Å². The molecule has 0 amide bonds. The minimum Gasteiger partial charge on any atom is -0.497 e. The van der Waals surface area contributed by atoms with Gasteiger partial charge in [-0.25, -0.2) is 4.79 Å². The molecule has 0 aliphatic carbocycles. The van der Waals surface area contributed by atoms with E-state index in [1.807, 2.05) is 17.5 Å². The van der Waals surface area contributed by atoms with Crippen molar-refractivity contribution in [1.82, 2.24) is 4.90 Å². The van der Waals surface area contributed by atoms with Gasteiger partial charge in [-0.1, -0.05) is 6.07 Å². The van der Waals surface area contributed by atoms with Crippen molar-refractivity contribution in [3.63, 3.8) is 0 Å². The Kier molecular flexibility index (Phi) is 4.83. The summed E-state index contributed by atoms with van der Waals surface area (Å²) in [6.45, 7) is 4.67. The average Bonchev–Trinajstić information content (AvgIpc) is 3.04. The fourth-order valence-electron chi connectivity index (χ4n) is 2.80. The number of benzene rings is 1. The predicted octanol–water partition coefficient (Wildman–Crippen LogP) is 2.78. The highest BCUT2D eigenvalue weighted by molar-refractivity contribution is 7.12. The third-order valence-electron chi connectivity index (χ3n) is 4.06. The monoisotopic (exact) mass is 332 g/mol. The van der Waals surface area contributed by atoms with E-state index < -0.39 is 5.97 Å². The largest absolute Gasteiger partial charge is 0.497 e. The lowest BCUT2D eigenvalue weighted by molar-refractivity contribution is 0.0702. The molecule has 1 aliphatic rings. The van der Waals surface area contributed by atoms with Crippen molar-refractivity contribution in [3.8, 4) is 5.75 Å². The Morgan fingerprint density at radius 3 is 2.70 bits per heavy atom. The number of nitrogens with zero attached hydrogens (tertiary/aromatic N) is 2. The molecule has 0 saturated carbocycles. The molecule has 1 aliphatic heterocycles. The van der Waals surface area contributed by atoms with Crippen molar-refractivity contribution in [1.29, 1.82) is 0 Å². The number of thiophene rings is 1. The zero-order valence-corrected chi connectivity index (χ0v) is 13.9. The van der Waals surface area contributed by atoms with Gasteiger partial charge in [0.15, 0.2) is 0 Å². The Morgan fingerprint density at radius 2 is 2.04 bits per heavy atom. The number of hydrogen-bond donors (Lipinski definition) is 1. The molecule has 1 saturated heterocycles. The molecule has 1 aromatic carbocycles. The smallest absolute Gasteiger partial charge is 0.345 e. The van der Waals surface area contributed by atoms with E-state index in [0.29, 0.717) is 4.88 Å². The summed E-state index contributed by atoms with van der Waals surface area (Å²) in [5.74, 6) is 0.0356. The summed E-state index contributed by atoms with van der Waals surface area (Å²) in [6, 6.07) is 9.92. The standard InChI is InChI=1S/C17H20N2O3S/c1-22-15-4-2-3-14(10-15)19-7-5-18(6-8-19)11-13-9-16(17(20)21)23-12-13/h2-4,9-10,12H,5-8,11H2,1H3,(H,20,21). The number of carboxylic acids is 1. The summed E-state index contributed by atoms with van der Waals surface area (Å²) in [7, 11) is 1.68. The van der Waals surface area contributed by atoms with Crippen molar-refractivity contribution < 1.29 is 14.6 Å². The van der Waals surface area contributed by atoms with Crippen LogP contribution in [0.15, 0.2) is 35.7 Å². The topological polar surface area (TPSA) is 53.0 Å². The first-order valence-electron chi connectivity index (χ1n) is 7.58. The third-order valence-corrected chi connectivity index (χ3v) is 5.03. The molecule has 0 radical (unpaired) electrons. The number of rotatable bonds is 5. The van der Waals surface area contributed by atoms with Crippen molar-refractivity contribution in [2.75, 3.05) is 38.2 Å². The van der Waals surface area contributed by atoms with Gasteiger partial charge in [-0.3, -0.25) is 4.90 Å². The van der Waals surface area contributed by atoms with E-state index in [1.165, 1.54) is 17.0 Å². The molecule has 6 heteroatoms. The first-order valence-corrected chi connectivity index (χ1v) is 8.46. The fraction of sp³-hybridized carbons (Fsp3) is 0.353. The maximum absolute atomic E-state index is 10.9. The molecule has 23 heavy (non-hydrogen) atoms. The summed E-state index contributed by atoms with van der Waals surface area (Å²) < 4.78 is 5.28. The van der Waals surface area contributed by atoms with E-state index in [9.17, 15) is 4.79 Å². The van der Waals surface area contributed by atoms with Crippen LogP contribution in [0.25, 0.3) is 0 Å². The number of hydrogen-bond acceptors (Lipinski definition) is 5. The Morgan fingerprint density at radius 1 is 1.26 bits per heavy atom. The van der Waals surface area contributed by atoms with Crippen molar-refractivity contribution in [3.05, 3.63) is 46.2 Å². The summed E-state index contributed by atoms with van der Waals surface area (Å²) in [6.07, 6.45) is 0. The van der Waals surface area contributed by atoms with Gasteiger partial charge in [0.2, 0.25) is 0 Å². The highest BCUT2D eigenvalue weighted by Crippen LogP contribution is 2.23. The van der Waals surface area contributed by atoms with Crippen molar-refractivity contribution in [2.24, 2.45) is 0 Å². The molecule has 2 heterocycles. The maximum atomic E-state index is 10.9. The van der Waals surface area contributed by atoms with Gasteiger partial charge in [-0.05, 0) is 29.1 Å². The predicted molar refractivity (Wildman–Crippen MR) is 91.8 cm³/mol. The molecule has 3 rings (SSSR count). The van der Waals surface area contributed by atoms with Crippen LogP contribution in [-0.4, -0.2) is 49.3 Å². The van der Waals surface area contributed by atoms with Gasteiger partial charge in [-0.15, -0.1) is 11.3 Å². The number of ether oxygens (including phenoxy) is 1. The second-order valence-corrected chi connectivity index (χ2v) is 6.50. The molecule has 1 aromatic heterocycles. The summed E-state index contributed by atoms with van der Waals surface area (Å²) >= 11 is 1.30. The van der Waals surface area contributed by atoms with Crippen molar-refractivity contribution in [2.45, 2.75) is 6.54 Å². The summed E-state index contributed by atoms with van der Waals surface area (Å²) in [4.78, 5) is 16.1. The molecule has 5 nitrogen and oxygen atoms in total. The maximum Gasteiger partial charge on any atom is 0.345 e. The van der Waals surface area contributed by atoms with Crippen LogP contribution in [0, 0.1) is 0 Å². The third kappa shape index (κ3) is 3.83. The van der Waals surface area contributed by atoms with Crippen LogP contribution in [-0.2, 0) is 6.54 Å². The van der Waals surface area contributed by atoms with Crippen LogP contribution in [0.2, 0.25) is 0 Å². The molecule has 2 aromatic rings. The Balaban J connectivity index is 1.56. The highest BCUT2D eigenvalue weighted by atomic mass is 32.1. The van der Waals surface area contributed by atoms with Crippen LogP contribution in [0.5, 0.6) is 5.75 Å². The second-order valence-electron chi connectivity index (χ2n) is 5.59.